The van der Waals surface area contributed by atoms with E-state index in [-0.39, 0.29) is 21.6 Å². The standard InChI is InChI=1S/C10H5ClFNO2/c11-8-4-6(10(14)15)5-2-1-3-7(12)9(5)13-8/h1-4H,(H,14,15). The van der Waals surface area contributed by atoms with Gasteiger partial charge in [-0.05, 0) is 12.1 Å². The van der Waals surface area contributed by atoms with Gasteiger partial charge in [-0.2, -0.15) is 0 Å². The summed E-state index contributed by atoms with van der Waals surface area (Å²) in [5.74, 6) is -1.74. The van der Waals surface area contributed by atoms with Crippen molar-refractivity contribution in [1.82, 2.24) is 4.98 Å². The Bertz CT molecular complexity index is 556. The smallest absolute Gasteiger partial charge is 0.336 e. The van der Waals surface area contributed by atoms with Gasteiger partial charge in [0.15, 0.2) is 0 Å². The van der Waals surface area contributed by atoms with E-state index >= 15 is 0 Å². The van der Waals surface area contributed by atoms with Crippen LogP contribution in [0.5, 0.6) is 0 Å². The molecule has 2 aromatic rings. The number of aromatic nitrogens is 1. The van der Waals surface area contributed by atoms with Gasteiger partial charge >= 0.3 is 5.97 Å². The molecule has 76 valence electrons. The highest BCUT2D eigenvalue weighted by Gasteiger charge is 2.13. The molecular weight excluding hydrogens is 221 g/mol. The first kappa shape index (κ1) is 9.86. The SMILES string of the molecule is O=C(O)c1cc(Cl)nc2c(F)cccc12. The van der Waals surface area contributed by atoms with Gasteiger partial charge in [0.2, 0.25) is 0 Å². The number of hydrogen-bond donors (Lipinski definition) is 1. The quantitative estimate of drug-likeness (QED) is 0.760. The molecule has 0 saturated heterocycles. The molecule has 0 atom stereocenters. The molecule has 0 aliphatic heterocycles. The molecule has 0 amide bonds. The van der Waals surface area contributed by atoms with Gasteiger partial charge in [0, 0.05) is 5.39 Å². The summed E-state index contributed by atoms with van der Waals surface area (Å²) in [6, 6.07) is 5.33. The molecular formula is C10H5ClFNO2. The van der Waals surface area contributed by atoms with Gasteiger partial charge in [0.1, 0.15) is 16.5 Å². The molecule has 0 aliphatic carbocycles. The summed E-state index contributed by atoms with van der Waals surface area (Å²) in [4.78, 5) is 14.6. The van der Waals surface area contributed by atoms with Gasteiger partial charge in [0.25, 0.3) is 0 Å². The summed E-state index contributed by atoms with van der Waals surface area (Å²) in [6.07, 6.45) is 0. The molecule has 0 aliphatic rings. The van der Waals surface area contributed by atoms with Gasteiger partial charge in [-0.25, -0.2) is 14.2 Å². The van der Waals surface area contributed by atoms with E-state index in [2.05, 4.69) is 4.98 Å². The molecule has 15 heavy (non-hydrogen) atoms. The van der Waals surface area contributed by atoms with Crippen LogP contribution in [0.3, 0.4) is 0 Å². The van der Waals surface area contributed by atoms with E-state index in [4.69, 9.17) is 16.7 Å². The maximum Gasteiger partial charge on any atom is 0.336 e. The van der Waals surface area contributed by atoms with Gasteiger partial charge in [0.05, 0.1) is 5.56 Å². The Balaban J connectivity index is 2.92. The summed E-state index contributed by atoms with van der Waals surface area (Å²) in [7, 11) is 0. The van der Waals surface area contributed by atoms with Gasteiger partial charge < -0.3 is 5.11 Å². The highest BCUT2D eigenvalue weighted by Crippen LogP contribution is 2.22. The zero-order valence-electron chi connectivity index (χ0n) is 7.37. The number of fused-ring (bicyclic) bond motifs is 1. The van der Waals surface area contributed by atoms with Crippen molar-refractivity contribution in [3.8, 4) is 0 Å². The topological polar surface area (TPSA) is 50.2 Å². The van der Waals surface area contributed by atoms with Crippen LogP contribution in [0.2, 0.25) is 5.15 Å². The normalized spacial score (nSPS) is 10.5. The number of hydrogen-bond acceptors (Lipinski definition) is 2. The summed E-state index contributed by atoms with van der Waals surface area (Å²) in [5.41, 5.74) is -0.0769. The van der Waals surface area contributed by atoms with Gasteiger partial charge in [-0.15, -0.1) is 0 Å². The minimum atomic E-state index is -1.16. The molecule has 0 bridgehead atoms. The van der Waals surface area contributed by atoms with Crippen molar-refractivity contribution in [2.24, 2.45) is 0 Å². The lowest BCUT2D eigenvalue weighted by Gasteiger charge is -2.03. The molecule has 1 heterocycles. The molecule has 5 heteroatoms. The molecule has 0 saturated carbocycles. The van der Waals surface area contributed by atoms with Crippen LogP contribution in [0.4, 0.5) is 4.39 Å². The first-order valence-corrected chi connectivity index (χ1v) is 4.45. The molecule has 0 radical (unpaired) electrons. The predicted octanol–water partition coefficient (Wildman–Crippen LogP) is 2.73. The third-order valence-electron chi connectivity index (χ3n) is 1.99. The first-order valence-electron chi connectivity index (χ1n) is 4.07. The Morgan fingerprint density at radius 1 is 1.47 bits per heavy atom. The van der Waals surface area contributed by atoms with Crippen LogP contribution in [0.15, 0.2) is 24.3 Å². The Morgan fingerprint density at radius 3 is 2.87 bits per heavy atom. The second kappa shape index (κ2) is 3.47. The molecule has 0 unspecified atom stereocenters. The molecule has 2 rings (SSSR count). The van der Waals surface area contributed by atoms with Crippen molar-refractivity contribution < 1.29 is 14.3 Å². The maximum absolute atomic E-state index is 13.3. The third kappa shape index (κ3) is 1.64. The van der Waals surface area contributed by atoms with Crippen LogP contribution in [0.1, 0.15) is 10.4 Å². The predicted molar refractivity (Wildman–Crippen MR) is 53.7 cm³/mol. The van der Waals surface area contributed by atoms with Crippen LogP contribution < -0.4 is 0 Å². The zero-order valence-corrected chi connectivity index (χ0v) is 8.12. The number of benzene rings is 1. The van der Waals surface area contributed by atoms with Gasteiger partial charge in [-0.3, -0.25) is 0 Å². The largest absolute Gasteiger partial charge is 0.478 e. The van der Waals surface area contributed by atoms with Crippen LogP contribution in [0.25, 0.3) is 10.9 Å². The number of carboxylic acid groups (broad SMARTS) is 1. The number of aromatic carboxylic acids is 1. The Labute approximate surface area is 89.1 Å². The van der Waals surface area contributed by atoms with Crippen molar-refractivity contribution in [1.29, 1.82) is 0 Å². The number of para-hydroxylation sites is 1. The molecule has 3 nitrogen and oxygen atoms in total. The van der Waals surface area contributed by atoms with E-state index in [0.717, 1.165) is 0 Å². The average molecular weight is 226 g/mol. The Kier molecular flexibility index (Phi) is 2.28. The average Bonchev–Trinajstić information content (AvgIpc) is 2.18. The lowest BCUT2D eigenvalue weighted by atomic mass is 10.1. The summed E-state index contributed by atoms with van der Waals surface area (Å²) in [5, 5.41) is 9.09. The van der Waals surface area contributed by atoms with E-state index in [0.29, 0.717) is 0 Å². The number of pyridine rings is 1. The summed E-state index contributed by atoms with van der Waals surface area (Å²) >= 11 is 5.60. The highest BCUT2D eigenvalue weighted by molar-refractivity contribution is 6.30. The number of halogens is 2. The molecule has 1 aromatic carbocycles. The zero-order chi connectivity index (χ0) is 11.0. The molecule has 1 aromatic heterocycles. The lowest BCUT2D eigenvalue weighted by Crippen LogP contribution is -1.99. The fraction of sp³-hybridized carbons (Fsp3) is 0. The van der Waals surface area contributed by atoms with E-state index in [1.807, 2.05) is 0 Å². The van der Waals surface area contributed by atoms with Crippen LogP contribution in [-0.4, -0.2) is 16.1 Å². The van der Waals surface area contributed by atoms with Crippen molar-refractivity contribution >= 4 is 28.5 Å². The van der Waals surface area contributed by atoms with Crippen LogP contribution >= 0.6 is 11.6 Å². The maximum atomic E-state index is 13.3. The first-order chi connectivity index (χ1) is 7.09. The number of rotatable bonds is 1. The molecule has 0 spiro atoms. The fourth-order valence-electron chi connectivity index (χ4n) is 1.36. The minimum Gasteiger partial charge on any atom is -0.478 e. The van der Waals surface area contributed by atoms with Crippen molar-refractivity contribution in [3.63, 3.8) is 0 Å². The second-order valence-electron chi connectivity index (χ2n) is 2.93. The summed E-state index contributed by atoms with van der Waals surface area (Å²) < 4.78 is 13.3. The van der Waals surface area contributed by atoms with E-state index in [9.17, 15) is 9.18 Å². The Hall–Kier alpha value is -1.68. The van der Waals surface area contributed by atoms with Crippen LogP contribution in [-0.2, 0) is 0 Å². The third-order valence-corrected chi connectivity index (χ3v) is 2.18. The van der Waals surface area contributed by atoms with Crippen molar-refractivity contribution in [2.75, 3.05) is 0 Å². The Morgan fingerprint density at radius 2 is 2.20 bits per heavy atom. The molecule has 1 N–H and O–H groups in total. The van der Waals surface area contributed by atoms with Crippen molar-refractivity contribution in [3.05, 3.63) is 40.8 Å². The lowest BCUT2D eigenvalue weighted by molar-refractivity contribution is 0.0699. The fourth-order valence-corrected chi connectivity index (χ4v) is 1.55. The summed E-state index contributed by atoms with van der Waals surface area (Å²) in [6.45, 7) is 0. The highest BCUT2D eigenvalue weighted by atomic mass is 35.5. The van der Waals surface area contributed by atoms with Crippen LogP contribution in [0, 0.1) is 5.82 Å². The monoisotopic (exact) mass is 225 g/mol. The van der Waals surface area contributed by atoms with Crippen molar-refractivity contribution in [2.45, 2.75) is 0 Å². The number of nitrogens with zero attached hydrogens (tertiary/aromatic N) is 1. The van der Waals surface area contributed by atoms with E-state index < -0.39 is 11.8 Å². The molecule has 0 fully saturated rings. The van der Waals surface area contributed by atoms with Gasteiger partial charge in [-0.1, -0.05) is 23.7 Å². The number of carbonyl (C=O) groups is 1. The second-order valence-corrected chi connectivity index (χ2v) is 3.32. The van der Waals surface area contributed by atoms with E-state index in [1.54, 1.807) is 0 Å². The van der Waals surface area contributed by atoms with E-state index in [1.165, 1.54) is 24.3 Å². The number of carboxylic acids is 1. The minimum absolute atomic E-state index is 0.0256.